The van der Waals surface area contributed by atoms with Crippen molar-refractivity contribution in [2.45, 2.75) is 12.4 Å². The summed E-state index contributed by atoms with van der Waals surface area (Å²) in [6.45, 7) is 0. The lowest BCUT2D eigenvalue weighted by Gasteiger charge is -2.22. The zero-order valence-electron chi connectivity index (χ0n) is 36.5. The van der Waals surface area contributed by atoms with Crippen molar-refractivity contribution in [1.29, 1.82) is 0 Å². The van der Waals surface area contributed by atoms with Gasteiger partial charge in [-0.05, 0) is 100 Å². The van der Waals surface area contributed by atoms with E-state index in [0.29, 0.717) is 50.7 Å². The summed E-state index contributed by atoms with van der Waals surface area (Å²) < 4.78 is 87.5. The fourth-order valence-electron chi connectivity index (χ4n) is 9.09. The zero-order valence-corrected chi connectivity index (χ0v) is 36.5. The van der Waals surface area contributed by atoms with Gasteiger partial charge in [0.2, 0.25) is 0 Å². The van der Waals surface area contributed by atoms with E-state index in [9.17, 15) is 26.3 Å². The van der Waals surface area contributed by atoms with E-state index >= 15 is 0 Å². The maximum Gasteiger partial charge on any atom is 0.416 e. The minimum atomic E-state index is -4.60. The van der Waals surface area contributed by atoms with Crippen LogP contribution in [0.5, 0.6) is 0 Å². The minimum Gasteiger partial charge on any atom is -0.308 e. The molecule has 0 aliphatic rings. The monoisotopic (exact) mass is 913 g/mol. The minimum absolute atomic E-state index is 0.439. The molecule has 0 amide bonds. The van der Waals surface area contributed by atoms with E-state index in [0.717, 1.165) is 79.5 Å². The Kier molecular flexibility index (Phi) is 10.8. The molecule has 69 heavy (non-hydrogen) atoms. The maximum absolute atomic E-state index is 14.2. The number of aromatic nitrogens is 3. The molecule has 9 aromatic carbocycles. The van der Waals surface area contributed by atoms with E-state index in [4.69, 9.17) is 9.97 Å². The van der Waals surface area contributed by atoms with Gasteiger partial charge < -0.3 is 4.57 Å². The quantitative estimate of drug-likeness (QED) is 0.142. The number of fused-ring (bicyclic) bond motifs is 3. The molecule has 0 saturated heterocycles. The van der Waals surface area contributed by atoms with Gasteiger partial charge in [-0.2, -0.15) is 26.3 Å². The first-order valence-electron chi connectivity index (χ1n) is 22.2. The molecular formula is C60H37F6N3. The molecule has 0 aliphatic carbocycles. The Morgan fingerprint density at radius 2 is 0.667 bits per heavy atom. The smallest absolute Gasteiger partial charge is 0.308 e. The van der Waals surface area contributed by atoms with Gasteiger partial charge in [0.15, 0.2) is 5.82 Å². The molecule has 0 spiro atoms. The summed E-state index contributed by atoms with van der Waals surface area (Å²) in [6, 6.07) is 67.2. The van der Waals surface area contributed by atoms with Gasteiger partial charge in [0.1, 0.15) is 0 Å². The largest absolute Gasteiger partial charge is 0.416 e. The topological polar surface area (TPSA) is 30.7 Å². The van der Waals surface area contributed by atoms with Crippen LogP contribution in [0.3, 0.4) is 0 Å². The Balaban J connectivity index is 1.26. The van der Waals surface area contributed by atoms with E-state index < -0.39 is 23.5 Å². The Hall–Kier alpha value is -8.56. The van der Waals surface area contributed by atoms with Crippen LogP contribution in [0, 0.1) is 0 Å². The molecule has 0 N–H and O–H groups in total. The normalized spacial score (nSPS) is 11.9. The fourth-order valence-corrected chi connectivity index (χ4v) is 9.09. The van der Waals surface area contributed by atoms with Crippen molar-refractivity contribution in [3.05, 3.63) is 236 Å². The van der Waals surface area contributed by atoms with E-state index in [1.54, 1.807) is 0 Å². The third kappa shape index (κ3) is 8.33. The molecule has 0 aliphatic heterocycles. The fraction of sp³-hybridized carbons (Fsp3) is 0.0333. The van der Waals surface area contributed by atoms with E-state index in [2.05, 4.69) is 16.7 Å². The maximum atomic E-state index is 14.2. The molecule has 0 bridgehead atoms. The molecule has 0 saturated carbocycles. The van der Waals surface area contributed by atoms with Gasteiger partial charge in [0.25, 0.3) is 0 Å². The van der Waals surface area contributed by atoms with Gasteiger partial charge in [-0.1, -0.05) is 158 Å². The highest BCUT2D eigenvalue weighted by Crippen LogP contribution is 2.46. The molecule has 2 aromatic heterocycles. The van der Waals surface area contributed by atoms with Gasteiger partial charge in [0.05, 0.1) is 39.2 Å². The summed E-state index contributed by atoms with van der Waals surface area (Å²) in [6.07, 6.45) is -9.20. The number of nitrogens with zero attached hydrogens (tertiary/aromatic N) is 3. The van der Waals surface area contributed by atoms with Crippen LogP contribution in [0.2, 0.25) is 0 Å². The second kappa shape index (κ2) is 17.3. The SMILES string of the molecule is FC(F)(F)c1ccc(-c2cc(-c3cc(-c4ccccc4)nc(-c4ccccc4)n3)cc(-c3ccc(C(F)(F)F)cc3)c2-n2c3ccc(-c4ccccc4)cc3c3cc(-c4ccccc4)ccc32)cc1. The summed E-state index contributed by atoms with van der Waals surface area (Å²) >= 11 is 0. The average molecular weight is 914 g/mol. The van der Waals surface area contributed by atoms with Gasteiger partial charge in [-0.15, -0.1) is 0 Å². The first-order chi connectivity index (χ1) is 33.5. The number of benzene rings is 9. The second-order valence-electron chi connectivity index (χ2n) is 16.8. The van der Waals surface area contributed by atoms with Crippen molar-refractivity contribution in [3.8, 4) is 84.1 Å². The number of halogens is 6. The van der Waals surface area contributed by atoms with Gasteiger partial charge in [-0.25, -0.2) is 9.97 Å². The lowest BCUT2D eigenvalue weighted by molar-refractivity contribution is -0.138. The number of rotatable bonds is 8. The average Bonchev–Trinajstić information content (AvgIpc) is 3.71. The second-order valence-corrected chi connectivity index (χ2v) is 16.8. The summed E-state index contributed by atoms with van der Waals surface area (Å²) in [5.74, 6) is 0.439. The van der Waals surface area contributed by atoms with Crippen molar-refractivity contribution in [2.75, 3.05) is 0 Å². The van der Waals surface area contributed by atoms with Crippen LogP contribution in [0.15, 0.2) is 224 Å². The summed E-state index contributed by atoms with van der Waals surface area (Å²) in [7, 11) is 0. The predicted octanol–water partition coefficient (Wildman–Crippen LogP) is 17.3. The first kappa shape index (κ1) is 43.0. The molecule has 0 fully saturated rings. The van der Waals surface area contributed by atoms with Crippen LogP contribution in [0.4, 0.5) is 26.3 Å². The lowest BCUT2D eigenvalue weighted by Crippen LogP contribution is -2.06. The third-order valence-electron chi connectivity index (χ3n) is 12.5. The summed E-state index contributed by atoms with van der Waals surface area (Å²) in [5.41, 5.74) is 9.67. The first-order valence-corrected chi connectivity index (χ1v) is 22.2. The standard InChI is InChI=1S/C60H37F6N3/c61-59(62,63)47-27-21-40(22-28-47)49-35-46(54-37-53(42-17-9-3-10-18-42)67-58(68-54)43-19-11-4-12-20-43)36-50(41-23-29-48(30-24-41)60(64,65)66)57(49)69-55-31-25-44(38-13-5-1-6-14-38)33-51(55)52-34-45(26-32-56(52)69)39-15-7-2-8-16-39/h1-37H. The zero-order chi connectivity index (χ0) is 47.3. The van der Waals surface area contributed by atoms with Crippen LogP contribution < -0.4 is 0 Å². The highest BCUT2D eigenvalue weighted by molar-refractivity contribution is 6.13. The molecule has 334 valence electrons. The Morgan fingerprint density at radius 1 is 0.304 bits per heavy atom. The van der Waals surface area contributed by atoms with Crippen molar-refractivity contribution in [1.82, 2.24) is 14.5 Å². The van der Waals surface area contributed by atoms with Crippen molar-refractivity contribution >= 4 is 21.8 Å². The number of hydrogen-bond donors (Lipinski definition) is 0. The Labute approximate surface area is 393 Å². The van der Waals surface area contributed by atoms with Crippen molar-refractivity contribution < 1.29 is 26.3 Å². The van der Waals surface area contributed by atoms with Gasteiger partial charge >= 0.3 is 12.4 Å². The van der Waals surface area contributed by atoms with Gasteiger partial charge in [0, 0.05) is 38.6 Å². The van der Waals surface area contributed by atoms with Crippen LogP contribution in [-0.2, 0) is 12.4 Å². The van der Waals surface area contributed by atoms with Gasteiger partial charge in [-0.3, -0.25) is 0 Å². The summed E-state index contributed by atoms with van der Waals surface area (Å²) in [4.78, 5) is 10.1. The molecule has 2 heterocycles. The molecule has 3 nitrogen and oxygen atoms in total. The molecule has 0 unspecified atom stereocenters. The number of alkyl halides is 6. The molecule has 0 atom stereocenters. The van der Waals surface area contributed by atoms with Crippen molar-refractivity contribution in [3.63, 3.8) is 0 Å². The summed E-state index contributed by atoms with van der Waals surface area (Å²) in [5, 5.41) is 1.81. The molecule has 11 aromatic rings. The molecule has 0 radical (unpaired) electrons. The molecule has 9 heteroatoms. The lowest BCUT2D eigenvalue weighted by atomic mass is 9.90. The predicted molar refractivity (Wildman–Crippen MR) is 264 cm³/mol. The van der Waals surface area contributed by atoms with Crippen LogP contribution in [-0.4, -0.2) is 14.5 Å². The Morgan fingerprint density at radius 3 is 1.07 bits per heavy atom. The molecule has 11 rings (SSSR count). The van der Waals surface area contributed by atoms with E-state index in [1.807, 2.05) is 164 Å². The van der Waals surface area contributed by atoms with Crippen LogP contribution >= 0.6 is 0 Å². The van der Waals surface area contributed by atoms with Crippen molar-refractivity contribution in [2.24, 2.45) is 0 Å². The van der Waals surface area contributed by atoms with Crippen LogP contribution in [0.25, 0.3) is 106 Å². The molecular weight excluding hydrogens is 877 g/mol. The van der Waals surface area contributed by atoms with E-state index in [-0.39, 0.29) is 0 Å². The highest BCUT2D eigenvalue weighted by Gasteiger charge is 2.32. The Bertz CT molecular complexity index is 3410. The van der Waals surface area contributed by atoms with Crippen LogP contribution in [0.1, 0.15) is 11.1 Å². The third-order valence-corrected chi connectivity index (χ3v) is 12.5. The van der Waals surface area contributed by atoms with E-state index in [1.165, 1.54) is 24.3 Å². The highest BCUT2D eigenvalue weighted by atomic mass is 19.4. The number of hydrogen-bond acceptors (Lipinski definition) is 2.